The zero-order chi connectivity index (χ0) is 43.5. The van der Waals surface area contributed by atoms with E-state index in [1.165, 1.54) is 0 Å². The average molecular weight is 944 g/mol. The molecule has 0 aromatic heterocycles. The molecule has 4 rings (SSSR count). The van der Waals surface area contributed by atoms with E-state index >= 15 is 0 Å². The summed E-state index contributed by atoms with van der Waals surface area (Å²) in [6, 6.07) is 24.3. The fourth-order valence-electron chi connectivity index (χ4n) is 4.79. The van der Waals surface area contributed by atoms with Crippen LogP contribution >= 0.6 is 38.8 Å². The number of carbonyl (C=O) groups is 2. The van der Waals surface area contributed by atoms with Crippen molar-refractivity contribution in [3.05, 3.63) is 106 Å². The van der Waals surface area contributed by atoms with Gasteiger partial charge in [-0.05, 0) is 49.9 Å². The predicted molar refractivity (Wildman–Crippen MR) is 236 cm³/mol. The molecule has 0 saturated carbocycles. The van der Waals surface area contributed by atoms with E-state index < -0.39 is 10.8 Å². The van der Waals surface area contributed by atoms with Crippen molar-refractivity contribution < 1.29 is 39.3 Å². The topological polar surface area (TPSA) is 151 Å². The minimum absolute atomic E-state index is 0.246. The molecule has 2 amide bonds. The van der Waals surface area contributed by atoms with Crippen molar-refractivity contribution in [1.29, 1.82) is 10.8 Å². The third kappa shape index (κ3) is 20.4. The molecular formula is C42H52Cl4N6O6Zn. The number of anilines is 2. The van der Waals surface area contributed by atoms with E-state index in [1.807, 2.05) is 12.1 Å². The second-order valence-electron chi connectivity index (χ2n) is 12.9. The van der Waals surface area contributed by atoms with E-state index in [-0.39, 0.29) is 23.2 Å². The Morgan fingerprint density at radius 3 is 1.08 bits per heavy atom. The second kappa shape index (κ2) is 29.0. The minimum atomic E-state index is -3.36. The number of amides is 2. The average Bonchev–Trinajstić information content (AvgIpc) is 3.22. The summed E-state index contributed by atoms with van der Waals surface area (Å²) in [5, 5.41) is 24.4. The molecule has 0 heterocycles. The molecule has 0 fully saturated rings. The first-order valence-electron chi connectivity index (χ1n) is 19.8. The zero-order valence-corrected chi connectivity index (χ0v) is 40.0. The number of hydrogen-bond acceptors (Lipinski definition) is 8. The quantitative estimate of drug-likeness (QED) is 0.0505. The number of diazo groups is 2. The molecule has 0 aliphatic carbocycles. The van der Waals surface area contributed by atoms with Crippen LogP contribution in [-0.4, -0.2) is 38.2 Å². The van der Waals surface area contributed by atoms with Crippen molar-refractivity contribution in [3.63, 3.8) is 0 Å². The molecule has 0 spiro atoms. The zero-order valence-electron chi connectivity index (χ0n) is 34.0. The molecule has 0 radical (unpaired) electrons. The summed E-state index contributed by atoms with van der Waals surface area (Å²) in [6.07, 6.45) is 7.47. The summed E-state index contributed by atoms with van der Waals surface area (Å²) in [5.41, 5.74) is 2.60. The van der Waals surface area contributed by atoms with Gasteiger partial charge in [0.2, 0.25) is 22.3 Å². The summed E-state index contributed by atoms with van der Waals surface area (Å²) >= 11 is 0. The first kappa shape index (κ1) is 50.8. The van der Waals surface area contributed by atoms with Crippen LogP contribution in [0.15, 0.2) is 84.9 Å². The van der Waals surface area contributed by atoms with E-state index in [0.29, 0.717) is 71.9 Å². The fourth-order valence-corrected chi connectivity index (χ4v) is 4.79. The molecule has 0 atom stereocenters. The van der Waals surface area contributed by atoms with Gasteiger partial charge in [-0.25, -0.2) is 0 Å². The standard InChI is InChI=1S/2C21H25N3O3.4ClH.Zn/c2*1-3-5-12-26-19-15-18(24-22)20(27-13-6-4-2)14-17(19)23-21(25)16-10-8-7-9-11-16;;;;;/h2*7-11,14-15H,3-6,12-13H2,1-2H3;4*1H;/q;;;;;;+2/p-2. The molecule has 2 N–H and O–H groups in total. The molecule has 0 aliphatic heterocycles. The Morgan fingerprint density at radius 1 is 0.525 bits per heavy atom. The van der Waals surface area contributed by atoms with E-state index in [0.717, 1.165) is 51.4 Å². The summed E-state index contributed by atoms with van der Waals surface area (Å²) in [6.45, 7) is 10.3. The van der Waals surface area contributed by atoms with E-state index in [9.17, 15) is 20.4 Å². The SMILES string of the molecule is CCCCOc1cc(NC(=O)c2ccccc2)c(OCCCC)cc1[N+]#N.CCCCOc1cc(NC(=O)c2ccccc2)c(OCCCC)cc1[N+]#N.[Cl][Zn-2]([Cl])([Cl])[Cl]. The predicted octanol–water partition coefficient (Wildman–Crippen LogP) is 14.3. The third-order valence-electron chi connectivity index (χ3n) is 7.93. The molecule has 0 saturated heterocycles. The second-order valence-corrected chi connectivity index (χ2v) is 40.6. The normalized spacial score (nSPS) is 10.3. The maximum atomic E-state index is 12.5. The van der Waals surface area contributed by atoms with E-state index in [1.54, 1.807) is 72.8 Å². The molecule has 316 valence electrons. The van der Waals surface area contributed by atoms with E-state index in [2.05, 4.69) is 48.3 Å². The molecular weight excluding hydrogens is 892 g/mol. The molecule has 0 bridgehead atoms. The van der Waals surface area contributed by atoms with Crippen LogP contribution in [0.4, 0.5) is 22.7 Å². The van der Waals surface area contributed by atoms with Crippen LogP contribution in [0, 0.1) is 10.8 Å². The number of nitrogens with one attached hydrogen (secondary N) is 2. The van der Waals surface area contributed by atoms with Crippen molar-refractivity contribution in [3.8, 4) is 23.0 Å². The number of benzene rings is 4. The van der Waals surface area contributed by atoms with Gasteiger partial charge >= 0.3 is 61.0 Å². The van der Waals surface area contributed by atoms with Crippen LogP contribution in [0.2, 0.25) is 0 Å². The van der Waals surface area contributed by atoms with Gasteiger partial charge in [0.1, 0.15) is 0 Å². The van der Waals surface area contributed by atoms with Crippen LogP contribution in [0.1, 0.15) is 99.8 Å². The Morgan fingerprint density at radius 2 is 0.814 bits per heavy atom. The first-order valence-corrected chi connectivity index (χ1v) is 35.4. The number of carbonyl (C=O) groups excluding carboxylic acids is 2. The number of rotatable bonds is 20. The van der Waals surface area contributed by atoms with Crippen molar-refractivity contribution in [2.24, 2.45) is 0 Å². The van der Waals surface area contributed by atoms with Gasteiger partial charge in [0.15, 0.2) is 21.5 Å². The van der Waals surface area contributed by atoms with Crippen LogP contribution in [0.5, 0.6) is 23.0 Å². The Kier molecular flexibility index (Phi) is 24.9. The van der Waals surface area contributed by atoms with Gasteiger partial charge in [-0.3, -0.25) is 9.59 Å². The molecule has 17 heteroatoms. The van der Waals surface area contributed by atoms with Gasteiger partial charge in [-0.2, -0.15) is 0 Å². The molecule has 0 unspecified atom stereocenters. The van der Waals surface area contributed by atoms with Crippen LogP contribution < -0.4 is 29.6 Å². The molecule has 4 aromatic carbocycles. The number of unbranched alkanes of at least 4 members (excludes halogenated alkanes) is 4. The number of hydrogen-bond donors (Lipinski definition) is 2. The Hall–Kier alpha value is -4.36. The van der Waals surface area contributed by atoms with Gasteiger partial charge in [-0.15, -0.1) is 0 Å². The van der Waals surface area contributed by atoms with E-state index in [4.69, 9.17) is 57.7 Å². The number of halogens is 4. The summed E-state index contributed by atoms with van der Waals surface area (Å²) < 4.78 is 23.0. The maximum absolute atomic E-state index is 12.5. The fraction of sp³-hybridized carbons (Fsp3) is 0.381. The number of nitrogens with zero attached hydrogens (tertiary/aromatic N) is 4. The van der Waals surface area contributed by atoms with Crippen LogP contribution in [0.25, 0.3) is 9.95 Å². The van der Waals surface area contributed by atoms with Gasteiger partial charge in [-0.1, -0.05) is 89.8 Å². The van der Waals surface area contributed by atoms with Crippen molar-refractivity contribution in [1.82, 2.24) is 0 Å². The first-order chi connectivity index (χ1) is 28.4. The number of ether oxygens (including phenoxy) is 4. The van der Waals surface area contributed by atoms with Gasteiger partial charge in [0, 0.05) is 23.3 Å². The molecule has 4 aromatic rings. The molecule has 12 nitrogen and oxygen atoms in total. The summed E-state index contributed by atoms with van der Waals surface area (Å²) in [5.74, 6) is 1.20. The van der Waals surface area contributed by atoms with Crippen LogP contribution in [0.3, 0.4) is 0 Å². The summed E-state index contributed by atoms with van der Waals surface area (Å²) in [4.78, 5) is 31.7. The van der Waals surface area contributed by atoms with Gasteiger partial charge in [0.25, 0.3) is 11.8 Å². The van der Waals surface area contributed by atoms with Crippen molar-refractivity contribution in [2.45, 2.75) is 79.1 Å². The van der Waals surface area contributed by atoms with Gasteiger partial charge in [0.05, 0.1) is 49.9 Å². The van der Waals surface area contributed by atoms with Gasteiger partial charge < -0.3 is 29.6 Å². The van der Waals surface area contributed by atoms with Crippen molar-refractivity contribution in [2.75, 3.05) is 37.1 Å². The monoisotopic (exact) mass is 940 g/mol. The van der Waals surface area contributed by atoms with Crippen molar-refractivity contribution >= 4 is 73.3 Å². The third-order valence-corrected chi connectivity index (χ3v) is 7.93. The van der Waals surface area contributed by atoms with Crippen LogP contribution in [-0.2, 0) is 10.8 Å². The molecule has 59 heavy (non-hydrogen) atoms. The Bertz CT molecular complexity index is 1820. The molecule has 0 aliphatic rings. The summed E-state index contributed by atoms with van der Waals surface area (Å²) in [7, 11) is 16.8. The Labute approximate surface area is 366 Å². The Balaban J connectivity index is 0.000000365.